The van der Waals surface area contributed by atoms with Crippen molar-refractivity contribution in [3.05, 3.63) is 91.3 Å². The summed E-state index contributed by atoms with van der Waals surface area (Å²) in [5.41, 5.74) is 6.06. The van der Waals surface area contributed by atoms with Gasteiger partial charge in [-0.25, -0.2) is 0 Å². The number of anilines is 2. The van der Waals surface area contributed by atoms with Crippen molar-refractivity contribution in [1.82, 2.24) is 19.6 Å². The van der Waals surface area contributed by atoms with Crippen molar-refractivity contribution in [2.75, 3.05) is 10.6 Å². The normalized spacial score (nSPS) is 11.0. The SMILES string of the molecule is Cc1ccc(Cn2cc(Br)c(NC(=S)Nc3c(C)nn(Cc4ccc(Cl)c(Cl)c4)c3C)n2)cc1. The van der Waals surface area contributed by atoms with Crippen molar-refractivity contribution >= 4 is 68.0 Å². The van der Waals surface area contributed by atoms with E-state index in [4.69, 9.17) is 35.4 Å². The third kappa shape index (κ3) is 5.81. The zero-order valence-electron chi connectivity index (χ0n) is 18.9. The molecular formula is C24H23BrCl2N6S. The molecule has 0 bridgehead atoms. The van der Waals surface area contributed by atoms with Crippen LogP contribution in [-0.4, -0.2) is 24.7 Å². The molecule has 0 saturated heterocycles. The summed E-state index contributed by atoms with van der Waals surface area (Å²) in [6, 6.07) is 14.0. The smallest absolute Gasteiger partial charge is 0.176 e. The van der Waals surface area contributed by atoms with E-state index in [0.717, 1.165) is 27.1 Å². The van der Waals surface area contributed by atoms with Crippen LogP contribution in [0.4, 0.5) is 11.5 Å². The van der Waals surface area contributed by atoms with E-state index >= 15 is 0 Å². The van der Waals surface area contributed by atoms with Gasteiger partial charge in [0.1, 0.15) is 0 Å². The van der Waals surface area contributed by atoms with Gasteiger partial charge in [0.2, 0.25) is 0 Å². The van der Waals surface area contributed by atoms with Gasteiger partial charge in [0, 0.05) is 6.20 Å². The summed E-state index contributed by atoms with van der Waals surface area (Å²) in [6.45, 7) is 7.25. The Morgan fingerprint density at radius 3 is 2.35 bits per heavy atom. The lowest BCUT2D eigenvalue weighted by atomic mass is 10.1. The van der Waals surface area contributed by atoms with Crippen molar-refractivity contribution in [1.29, 1.82) is 0 Å². The molecule has 2 aromatic carbocycles. The Labute approximate surface area is 222 Å². The van der Waals surface area contributed by atoms with Crippen molar-refractivity contribution in [2.24, 2.45) is 0 Å². The first kappa shape index (κ1) is 24.7. The predicted molar refractivity (Wildman–Crippen MR) is 147 cm³/mol. The second kappa shape index (κ2) is 10.5. The first-order chi connectivity index (χ1) is 16.2. The largest absolute Gasteiger partial charge is 0.329 e. The number of aromatic nitrogens is 4. The Kier molecular flexibility index (Phi) is 7.62. The van der Waals surface area contributed by atoms with E-state index in [2.05, 4.69) is 68.0 Å². The van der Waals surface area contributed by atoms with Crippen LogP contribution in [0.3, 0.4) is 0 Å². The lowest BCUT2D eigenvalue weighted by Crippen LogP contribution is -2.20. The molecule has 0 radical (unpaired) electrons. The first-order valence-corrected chi connectivity index (χ1v) is 12.5. The number of aryl methyl sites for hydroxylation is 2. The summed E-state index contributed by atoms with van der Waals surface area (Å²) >= 11 is 21.3. The minimum Gasteiger partial charge on any atom is -0.329 e. The fourth-order valence-electron chi connectivity index (χ4n) is 3.54. The van der Waals surface area contributed by atoms with Gasteiger partial charge in [-0.05, 0) is 72.2 Å². The molecule has 0 aliphatic heterocycles. The molecule has 4 aromatic rings. The van der Waals surface area contributed by atoms with Gasteiger partial charge in [-0.15, -0.1) is 0 Å². The van der Waals surface area contributed by atoms with E-state index in [1.807, 2.05) is 41.5 Å². The van der Waals surface area contributed by atoms with Gasteiger partial charge < -0.3 is 10.6 Å². The topological polar surface area (TPSA) is 59.7 Å². The van der Waals surface area contributed by atoms with Crippen LogP contribution in [0.15, 0.2) is 53.1 Å². The number of thiocarbonyl (C=S) groups is 1. The Morgan fingerprint density at radius 1 is 0.941 bits per heavy atom. The van der Waals surface area contributed by atoms with Gasteiger partial charge in [0.25, 0.3) is 0 Å². The monoisotopic (exact) mass is 576 g/mol. The summed E-state index contributed by atoms with van der Waals surface area (Å²) < 4.78 is 4.60. The Morgan fingerprint density at radius 2 is 1.65 bits per heavy atom. The van der Waals surface area contributed by atoms with Gasteiger partial charge in [-0.2, -0.15) is 10.2 Å². The molecule has 0 unspecified atom stereocenters. The predicted octanol–water partition coefficient (Wildman–Crippen LogP) is 6.98. The molecule has 10 heteroatoms. The van der Waals surface area contributed by atoms with Crippen molar-refractivity contribution in [3.63, 3.8) is 0 Å². The second-order valence-corrected chi connectivity index (χ2v) is 10.1. The van der Waals surface area contributed by atoms with E-state index in [9.17, 15) is 0 Å². The van der Waals surface area contributed by atoms with E-state index in [1.165, 1.54) is 11.1 Å². The van der Waals surface area contributed by atoms with Crippen molar-refractivity contribution in [2.45, 2.75) is 33.9 Å². The number of rotatable bonds is 6. The molecule has 2 N–H and O–H groups in total. The molecule has 34 heavy (non-hydrogen) atoms. The lowest BCUT2D eigenvalue weighted by molar-refractivity contribution is 0.659. The summed E-state index contributed by atoms with van der Waals surface area (Å²) in [7, 11) is 0. The third-order valence-corrected chi connectivity index (χ3v) is 6.87. The molecule has 0 spiro atoms. The molecular weight excluding hydrogens is 555 g/mol. The maximum Gasteiger partial charge on any atom is 0.176 e. The molecule has 0 aliphatic rings. The molecule has 0 saturated carbocycles. The van der Waals surface area contributed by atoms with Crippen molar-refractivity contribution in [3.8, 4) is 0 Å². The fourth-order valence-corrected chi connectivity index (χ4v) is 4.47. The van der Waals surface area contributed by atoms with Crippen LogP contribution in [0.5, 0.6) is 0 Å². The zero-order valence-corrected chi connectivity index (χ0v) is 22.8. The summed E-state index contributed by atoms with van der Waals surface area (Å²) in [5, 5.41) is 17.2. The minimum atomic E-state index is 0.432. The standard InChI is InChI=1S/C24H23BrCl2N6S/c1-14-4-6-17(7-5-14)11-32-13-19(25)23(31-32)29-24(34)28-22-15(2)30-33(16(22)3)12-18-8-9-20(26)21(27)10-18/h4-10,13H,11-12H2,1-3H3,(H2,28,29,31,34). The van der Waals surface area contributed by atoms with Crippen LogP contribution >= 0.6 is 51.3 Å². The Balaban J connectivity index is 1.43. The van der Waals surface area contributed by atoms with Gasteiger partial charge in [-0.3, -0.25) is 9.36 Å². The maximum absolute atomic E-state index is 6.16. The molecule has 0 fully saturated rings. The molecule has 6 nitrogen and oxygen atoms in total. The zero-order chi connectivity index (χ0) is 24.4. The molecule has 4 rings (SSSR count). The van der Waals surface area contributed by atoms with E-state index in [1.54, 1.807) is 6.07 Å². The average molecular weight is 578 g/mol. The maximum atomic E-state index is 6.16. The van der Waals surface area contributed by atoms with Crippen LogP contribution in [0.25, 0.3) is 0 Å². The Hall–Kier alpha value is -2.39. The third-order valence-electron chi connectivity index (χ3n) is 5.35. The van der Waals surface area contributed by atoms with E-state index in [-0.39, 0.29) is 0 Å². The van der Waals surface area contributed by atoms with Crippen LogP contribution in [0, 0.1) is 20.8 Å². The van der Waals surface area contributed by atoms with Gasteiger partial charge >= 0.3 is 0 Å². The van der Waals surface area contributed by atoms with Gasteiger partial charge in [0.15, 0.2) is 10.9 Å². The molecule has 0 atom stereocenters. The fraction of sp³-hybridized carbons (Fsp3) is 0.208. The van der Waals surface area contributed by atoms with Gasteiger partial charge in [0.05, 0.1) is 44.7 Å². The van der Waals surface area contributed by atoms with Crippen LogP contribution in [0.2, 0.25) is 10.0 Å². The summed E-state index contributed by atoms with van der Waals surface area (Å²) in [4.78, 5) is 0. The first-order valence-electron chi connectivity index (χ1n) is 10.5. The van der Waals surface area contributed by atoms with Crippen LogP contribution < -0.4 is 10.6 Å². The molecule has 0 amide bonds. The number of benzene rings is 2. The number of halogens is 3. The second-order valence-electron chi connectivity index (χ2n) is 8.04. The van der Waals surface area contributed by atoms with Crippen LogP contribution in [-0.2, 0) is 13.1 Å². The summed E-state index contributed by atoms with van der Waals surface area (Å²) in [5.74, 6) is 0.642. The number of nitrogens with one attached hydrogen (secondary N) is 2. The lowest BCUT2D eigenvalue weighted by Gasteiger charge is -2.10. The summed E-state index contributed by atoms with van der Waals surface area (Å²) in [6.07, 6.45) is 1.93. The molecule has 2 heterocycles. The minimum absolute atomic E-state index is 0.432. The highest BCUT2D eigenvalue weighted by Crippen LogP contribution is 2.26. The highest BCUT2D eigenvalue weighted by molar-refractivity contribution is 9.10. The average Bonchev–Trinajstić information content (AvgIpc) is 3.25. The van der Waals surface area contributed by atoms with Crippen molar-refractivity contribution < 1.29 is 0 Å². The Bertz CT molecular complexity index is 1350. The molecule has 2 aromatic heterocycles. The quantitative estimate of drug-likeness (QED) is 0.242. The highest BCUT2D eigenvalue weighted by Gasteiger charge is 2.15. The van der Waals surface area contributed by atoms with Crippen LogP contribution in [0.1, 0.15) is 28.1 Å². The number of hydrogen-bond acceptors (Lipinski definition) is 3. The molecule has 0 aliphatic carbocycles. The number of nitrogens with zero attached hydrogens (tertiary/aromatic N) is 4. The van der Waals surface area contributed by atoms with Gasteiger partial charge in [-0.1, -0.05) is 59.1 Å². The highest BCUT2D eigenvalue weighted by atomic mass is 79.9. The van der Waals surface area contributed by atoms with E-state index < -0.39 is 0 Å². The molecule has 176 valence electrons. The van der Waals surface area contributed by atoms with E-state index in [0.29, 0.717) is 34.1 Å². The number of hydrogen-bond donors (Lipinski definition) is 2.